The lowest BCUT2D eigenvalue weighted by Gasteiger charge is -2.45. The molecular formula is C9H19N3. The van der Waals surface area contributed by atoms with Crippen LogP contribution in [0, 0.1) is 0 Å². The first kappa shape index (κ1) is 8.48. The summed E-state index contributed by atoms with van der Waals surface area (Å²) in [7, 11) is 2.21. The summed E-state index contributed by atoms with van der Waals surface area (Å²) in [6, 6.07) is 1.30. The summed E-state index contributed by atoms with van der Waals surface area (Å²) in [5.41, 5.74) is 5.75. The van der Waals surface area contributed by atoms with E-state index in [0.29, 0.717) is 6.04 Å². The second kappa shape index (κ2) is 3.32. The highest BCUT2D eigenvalue weighted by atomic mass is 15.3. The molecule has 2 aliphatic heterocycles. The van der Waals surface area contributed by atoms with Gasteiger partial charge < -0.3 is 10.6 Å². The van der Waals surface area contributed by atoms with Crippen LogP contribution in [0.1, 0.15) is 12.8 Å². The molecule has 3 heteroatoms. The van der Waals surface area contributed by atoms with Gasteiger partial charge in [0.2, 0.25) is 0 Å². The number of likely N-dealkylation sites (tertiary alicyclic amines) is 2. The summed E-state index contributed by atoms with van der Waals surface area (Å²) < 4.78 is 0. The maximum atomic E-state index is 5.75. The third-order valence-corrected chi connectivity index (χ3v) is 3.14. The monoisotopic (exact) mass is 169 g/mol. The number of rotatable bonds is 1. The number of nitrogens with two attached hydrogens (primary N) is 1. The average Bonchev–Trinajstić information content (AvgIpc) is 2.01. The molecule has 2 aliphatic rings. The fraction of sp³-hybridized carbons (Fsp3) is 1.00. The Morgan fingerprint density at radius 1 is 1.17 bits per heavy atom. The van der Waals surface area contributed by atoms with Crippen molar-refractivity contribution in [2.24, 2.45) is 5.73 Å². The molecule has 3 nitrogen and oxygen atoms in total. The van der Waals surface area contributed by atoms with E-state index < -0.39 is 0 Å². The number of hydrogen-bond acceptors (Lipinski definition) is 3. The van der Waals surface area contributed by atoms with Crippen molar-refractivity contribution in [2.45, 2.75) is 24.9 Å². The minimum atomic E-state index is 0.463. The maximum Gasteiger partial charge on any atom is 0.0297 e. The van der Waals surface area contributed by atoms with E-state index in [2.05, 4.69) is 16.8 Å². The van der Waals surface area contributed by atoms with Gasteiger partial charge in [0.1, 0.15) is 0 Å². The van der Waals surface area contributed by atoms with Crippen molar-refractivity contribution in [3.8, 4) is 0 Å². The standard InChI is InChI=1S/C9H19N3/c1-11-4-2-9(3-5-11)12-6-8(10)7-12/h8-9H,2-7,10H2,1H3. The summed E-state index contributed by atoms with van der Waals surface area (Å²) in [5.74, 6) is 0. The zero-order chi connectivity index (χ0) is 8.55. The molecule has 0 aromatic heterocycles. The molecule has 2 saturated heterocycles. The summed E-state index contributed by atoms with van der Waals surface area (Å²) >= 11 is 0. The van der Waals surface area contributed by atoms with Crippen molar-refractivity contribution in [2.75, 3.05) is 33.2 Å². The van der Waals surface area contributed by atoms with Gasteiger partial charge in [0.25, 0.3) is 0 Å². The zero-order valence-electron chi connectivity index (χ0n) is 7.87. The highest BCUT2D eigenvalue weighted by molar-refractivity contribution is 4.89. The van der Waals surface area contributed by atoms with E-state index in [1.165, 1.54) is 25.9 Å². The molecule has 0 spiro atoms. The Balaban J connectivity index is 1.75. The Bertz CT molecular complexity index is 146. The van der Waals surface area contributed by atoms with Gasteiger partial charge in [-0.15, -0.1) is 0 Å². The molecule has 12 heavy (non-hydrogen) atoms. The summed E-state index contributed by atoms with van der Waals surface area (Å²) in [6.45, 7) is 4.79. The van der Waals surface area contributed by atoms with E-state index in [4.69, 9.17) is 5.73 Å². The molecule has 0 radical (unpaired) electrons. The molecule has 2 heterocycles. The lowest BCUT2D eigenvalue weighted by atomic mass is 9.98. The van der Waals surface area contributed by atoms with E-state index in [-0.39, 0.29) is 0 Å². The Labute approximate surface area is 74.5 Å². The molecule has 0 amide bonds. The zero-order valence-corrected chi connectivity index (χ0v) is 7.87. The lowest BCUT2D eigenvalue weighted by Crippen LogP contribution is -2.60. The molecular weight excluding hydrogens is 150 g/mol. The maximum absolute atomic E-state index is 5.75. The van der Waals surface area contributed by atoms with E-state index in [1.807, 2.05) is 0 Å². The highest BCUT2D eigenvalue weighted by Crippen LogP contribution is 2.19. The number of hydrogen-bond donors (Lipinski definition) is 1. The van der Waals surface area contributed by atoms with Crippen molar-refractivity contribution in [1.29, 1.82) is 0 Å². The summed E-state index contributed by atoms with van der Waals surface area (Å²) in [5, 5.41) is 0. The Kier molecular flexibility index (Phi) is 2.35. The van der Waals surface area contributed by atoms with Crippen LogP contribution >= 0.6 is 0 Å². The minimum absolute atomic E-state index is 0.463. The van der Waals surface area contributed by atoms with E-state index in [0.717, 1.165) is 19.1 Å². The minimum Gasteiger partial charge on any atom is -0.325 e. The van der Waals surface area contributed by atoms with Crippen LogP contribution in [0.4, 0.5) is 0 Å². The quantitative estimate of drug-likeness (QED) is 0.586. The first-order valence-electron chi connectivity index (χ1n) is 4.94. The van der Waals surface area contributed by atoms with Crippen LogP contribution in [0.5, 0.6) is 0 Å². The van der Waals surface area contributed by atoms with Gasteiger partial charge in [0.05, 0.1) is 0 Å². The smallest absolute Gasteiger partial charge is 0.0297 e. The third kappa shape index (κ3) is 1.63. The fourth-order valence-electron chi connectivity index (χ4n) is 2.21. The SMILES string of the molecule is CN1CCC(N2CC(N)C2)CC1. The van der Waals surface area contributed by atoms with Gasteiger partial charge >= 0.3 is 0 Å². The third-order valence-electron chi connectivity index (χ3n) is 3.14. The first-order chi connectivity index (χ1) is 5.75. The molecule has 0 bridgehead atoms. The predicted octanol–water partition coefficient (Wildman–Crippen LogP) is -0.276. The van der Waals surface area contributed by atoms with Crippen molar-refractivity contribution in [3.63, 3.8) is 0 Å². The topological polar surface area (TPSA) is 32.5 Å². The predicted molar refractivity (Wildman–Crippen MR) is 50.1 cm³/mol. The van der Waals surface area contributed by atoms with Gasteiger partial charge in [0.15, 0.2) is 0 Å². The molecule has 0 aromatic rings. The van der Waals surface area contributed by atoms with Gasteiger partial charge in [-0.1, -0.05) is 0 Å². The second-order valence-electron chi connectivity index (χ2n) is 4.25. The molecule has 0 aliphatic carbocycles. The fourth-order valence-corrected chi connectivity index (χ4v) is 2.21. The van der Waals surface area contributed by atoms with Gasteiger partial charge in [-0.05, 0) is 33.0 Å². The van der Waals surface area contributed by atoms with E-state index in [9.17, 15) is 0 Å². The van der Waals surface area contributed by atoms with Crippen molar-refractivity contribution >= 4 is 0 Å². The molecule has 0 aromatic carbocycles. The molecule has 0 unspecified atom stereocenters. The summed E-state index contributed by atoms with van der Waals surface area (Å²) in [6.07, 6.45) is 2.67. The highest BCUT2D eigenvalue weighted by Gasteiger charge is 2.31. The van der Waals surface area contributed by atoms with Gasteiger partial charge in [-0.2, -0.15) is 0 Å². The van der Waals surface area contributed by atoms with E-state index in [1.54, 1.807) is 0 Å². The second-order valence-corrected chi connectivity index (χ2v) is 4.25. The van der Waals surface area contributed by atoms with Crippen LogP contribution in [0.15, 0.2) is 0 Å². The Hall–Kier alpha value is -0.120. The molecule has 2 rings (SSSR count). The van der Waals surface area contributed by atoms with Crippen LogP contribution in [0.25, 0.3) is 0 Å². The molecule has 0 atom stereocenters. The van der Waals surface area contributed by atoms with Gasteiger partial charge in [0, 0.05) is 25.2 Å². The van der Waals surface area contributed by atoms with Crippen LogP contribution in [-0.2, 0) is 0 Å². The number of nitrogens with zero attached hydrogens (tertiary/aromatic N) is 2. The van der Waals surface area contributed by atoms with Crippen LogP contribution in [0.2, 0.25) is 0 Å². The summed E-state index contributed by atoms with van der Waals surface area (Å²) in [4.78, 5) is 4.95. The van der Waals surface area contributed by atoms with Crippen LogP contribution in [-0.4, -0.2) is 55.1 Å². The molecule has 0 saturated carbocycles. The Morgan fingerprint density at radius 3 is 2.25 bits per heavy atom. The van der Waals surface area contributed by atoms with Crippen molar-refractivity contribution < 1.29 is 0 Å². The van der Waals surface area contributed by atoms with Gasteiger partial charge in [-0.3, -0.25) is 4.90 Å². The molecule has 2 N–H and O–H groups in total. The normalized spacial score (nSPS) is 30.5. The molecule has 70 valence electrons. The largest absolute Gasteiger partial charge is 0.325 e. The van der Waals surface area contributed by atoms with Crippen molar-refractivity contribution in [1.82, 2.24) is 9.80 Å². The average molecular weight is 169 g/mol. The van der Waals surface area contributed by atoms with E-state index >= 15 is 0 Å². The van der Waals surface area contributed by atoms with Crippen LogP contribution in [0.3, 0.4) is 0 Å². The Morgan fingerprint density at radius 2 is 1.75 bits per heavy atom. The first-order valence-corrected chi connectivity index (χ1v) is 4.94. The number of piperidine rings is 1. The van der Waals surface area contributed by atoms with Gasteiger partial charge in [-0.25, -0.2) is 0 Å². The van der Waals surface area contributed by atoms with Crippen LogP contribution < -0.4 is 5.73 Å². The lowest BCUT2D eigenvalue weighted by molar-refractivity contribution is 0.0547. The molecule has 2 fully saturated rings. The van der Waals surface area contributed by atoms with Crippen molar-refractivity contribution in [3.05, 3.63) is 0 Å².